The van der Waals surface area contributed by atoms with E-state index in [-0.39, 0.29) is 11.8 Å². The lowest BCUT2D eigenvalue weighted by molar-refractivity contribution is -0.124. The van der Waals surface area contributed by atoms with Crippen LogP contribution in [-0.2, 0) is 4.79 Å². The molecule has 0 saturated carbocycles. The second-order valence-electron chi connectivity index (χ2n) is 7.09. The Bertz CT molecular complexity index is 505. The van der Waals surface area contributed by atoms with Gasteiger partial charge in [0.05, 0.1) is 5.92 Å². The highest BCUT2D eigenvalue weighted by molar-refractivity contribution is 6.30. The molecular weight excluding hydrogens is 308 g/mol. The first-order valence-electron chi connectivity index (χ1n) is 8.64. The van der Waals surface area contributed by atoms with Crippen molar-refractivity contribution in [3.8, 4) is 0 Å². The summed E-state index contributed by atoms with van der Waals surface area (Å²) in [6.07, 6.45) is 0. The average Bonchev–Trinajstić information content (AvgIpc) is 2.53. The Morgan fingerprint density at radius 1 is 1.04 bits per heavy atom. The molecule has 0 N–H and O–H groups in total. The van der Waals surface area contributed by atoms with Crippen LogP contribution >= 0.6 is 11.6 Å². The van der Waals surface area contributed by atoms with Crippen molar-refractivity contribution >= 4 is 17.4 Å². The van der Waals surface area contributed by atoms with Crippen LogP contribution in [0, 0.1) is 5.92 Å². The minimum Gasteiger partial charge on any atom is -0.300 e. The lowest BCUT2D eigenvalue weighted by Crippen LogP contribution is -2.50. The van der Waals surface area contributed by atoms with Gasteiger partial charge in [0, 0.05) is 49.7 Å². The van der Waals surface area contributed by atoms with Crippen molar-refractivity contribution < 1.29 is 4.79 Å². The third-order valence-corrected chi connectivity index (χ3v) is 5.01. The van der Waals surface area contributed by atoms with E-state index in [4.69, 9.17) is 11.6 Å². The molecule has 128 valence electrons. The lowest BCUT2D eigenvalue weighted by atomic mass is 9.88. The SMILES string of the molecule is CC(C)C(=O)[C@@H](CN1CCN(C(C)C)CC1)c1ccc(Cl)cc1. The molecule has 1 aliphatic rings. The molecule has 2 rings (SSSR count). The zero-order chi connectivity index (χ0) is 17.0. The average molecular weight is 337 g/mol. The topological polar surface area (TPSA) is 23.6 Å². The molecule has 0 amide bonds. The van der Waals surface area contributed by atoms with E-state index in [1.807, 2.05) is 38.1 Å². The number of hydrogen-bond acceptors (Lipinski definition) is 3. The van der Waals surface area contributed by atoms with E-state index in [0.29, 0.717) is 11.8 Å². The molecule has 1 fully saturated rings. The number of hydrogen-bond donors (Lipinski definition) is 0. The molecule has 1 atom stereocenters. The summed E-state index contributed by atoms with van der Waals surface area (Å²) in [5.74, 6) is 0.309. The standard InChI is InChI=1S/C19H29ClN2O/c1-14(2)19(23)18(16-5-7-17(20)8-6-16)13-21-9-11-22(12-10-21)15(3)4/h5-8,14-15,18H,9-13H2,1-4H3/t18-/m0/s1. The minimum absolute atomic E-state index is 0.0487. The van der Waals surface area contributed by atoms with Gasteiger partial charge in [-0.3, -0.25) is 14.6 Å². The highest BCUT2D eigenvalue weighted by Crippen LogP contribution is 2.24. The molecule has 1 aliphatic heterocycles. The summed E-state index contributed by atoms with van der Waals surface area (Å²) >= 11 is 6.00. The first-order valence-corrected chi connectivity index (χ1v) is 9.02. The molecule has 3 nitrogen and oxygen atoms in total. The Labute approximate surface area is 145 Å². The number of benzene rings is 1. The van der Waals surface area contributed by atoms with Crippen molar-refractivity contribution in [3.63, 3.8) is 0 Å². The molecule has 0 aliphatic carbocycles. The van der Waals surface area contributed by atoms with E-state index in [0.717, 1.165) is 43.3 Å². The summed E-state index contributed by atoms with van der Waals surface area (Å²) in [5, 5.41) is 0.718. The number of rotatable bonds is 6. The predicted octanol–water partition coefficient (Wildman–Crippen LogP) is 3.67. The second kappa shape index (κ2) is 8.27. The molecule has 1 saturated heterocycles. The molecule has 1 aromatic carbocycles. The quantitative estimate of drug-likeness (QED) is 0.791. The molecule has 0 bridgehead atoms. The summed E-state index contributed by atoms with van der Waals surface area (Å²) in [6.45, 7) is 13.5. The lowest BCUT2D eigenvalue weighted by Gasteiger charge is -2.38. The zero-order valence-corrected chi connectivity index (χ0v) is 15.5. The van der Waals surface area contributed by atoms with Gasteiger partial charge in [-0.25, -0.2) is 0 Å². The van der Waals surface area contributed by atoms with Crippen LogP contribution < -0.4 is 0 Å². The predicted molar refractivity (Wildman–Crippen MR) is 97.2 cm³/mol. The number of halogens is 1. The Morgan fingerprint density at radius 3 is 2.09 bits per heavy atom. The summed E-state index contributed by atoms with van der Waals surface area (Å²) in [5.41, 5.74) is 1.08. The van der Waals surface area contributed by atoms with Gasteiger partial charge in [-0.05, 0) is 31.5 Å². The van der Waals surface area contributed by atoms with Crippen molar-refractivity contribution in [3.05, 3.63) is 34.9 Å². The van der Waals surface area contributed by atoms with E-state index in [2.05, 4.69) is 23.6 Å². The largest absolute Gasteiger partial charge is 0.300 e. The first kappa shape index (κ1) is 18.4. The maximum atomic E-state index is 12.7. The van der Waals surface area contributed by atoms with E-state index >= 15 is 0 Å². The minimum atomic E-state index is -0.0575. The third-order valence-electron chi connectivity index (χ3n) is 4.76. The normalized spacial score (nSPS) is 18.6. The van der Waals surface area contributed by atoms with Crippen molar-refractivity contribution in [2.75, 3.05) is 32.7 Å². The molecule has 4 heteroatoms. The Hall–Kier alpha value is -0.900. The monoisotopic (exact) mass is 336 g/mol. The fourth-order valence-corrected chi connectivity index (χ4v) is 3.30. The van der Waals surface area contributed by atoms with Crippen LogP contribution in [0.3, 0.4) is 0 Å². The smallest absolute Gasteiger partial charge is 0.144 e. The number of nitrogens with zero attached hydrogens (tertiary/aromatic N) is 2. The van der Waals surface area contributed by atoms with E-state index in [9.17, 15) is 4.79 Å². The maximum absolute atomic E-state index is 12.7. The van der Waals surface area contributed by atoms with Gasteiger partial charge in [-0.1, -0.05) is 37.6 Å². The van der Waals surface area contributed by atoms with Gasteiger partial charge < -0.3 is 0 Å². The van der Waals surface area contributed by atoms with Gasteiger partial charge in [0.15, 0.2) is 0 Å². The molecule has 1 aromatic rings. The molecule has 0 unspecified atom stereocenters. The number of piperazine rings is 1. The van der Waals surface area contributed by atoms with E-state index in [1.54, 1.807) is 0 Å². The summed E-state index contributed by atoms with van der Waals surface area (Å²) < 4.78 is 0. The Balaban J connectivity index is 2.07. The fraction of sp³-hybridized carbons (Fsp3) is 0.632. The van der Waals surface area contributed by atoms with Gasteiger partial charge >= 0.3 is 0 Å². The molecule has 0 aromatic heterocycles. The molecule has 23 heavy (non-hydrogen) atoms. The maximum Gasteiger partial charge on any atom is 0.144 e. The van der Waals surface area contributed by atoms with Crippen LogP contribution in [0.1, 0.15) is 39.2 Å². The van der Waals surface area contributed by atoms with Gasteiger partial charge in [-0.15, -0.1) is 0 Å². The number of ketones is 1. The molecular formula is C19H29ClN2O. The van der Waals surface area contributed by atoms with Crippen LogP contribution in [0.25, 0.3) is 0 Å². The van der Waals surface area contributed by atoms with Crippen LogP contribution in [0.5, 0.6) is 0 Å². The summed E-state index contributed by atoms with van der Waals surface area (Å²) in [6, 6.07) is 8.36. The van der Waals surface area contributed by atoms with Gasteiger partial charge in [-0.2, -0.15) is 0 Å². The van der Waals surface area contributed by atoms with Crippen molar-refractivity contribution in [2.24, 2.45) is 5.92 Å². The third kappa shape index (κ3) is 5.03. The number of Topliss-reactive ketones (excluding diaryl/α,β-unsaturated/α-hetero) is 1. The van der Waals surface area contributed by atoms with Gasteiger partial charge in [0.2, 0.25) is 0 Å². The summed E-state index contributed by atoms with van der Waals surface area (Å²) in [7, 11) is 0. The van der Waals surface area contributed by atoms with Crippen molar-refractivity contribution in [1.29, 1.82) is 0 Å². The highest BCUT2D eigenvalue weighted by atomic mass is 35.5. The first-order chi connectivity index (χ1) is 10.9. The van der Waals surface area contributed by atoms with Crippen molar-refractivity contribution in [1.82, 2.24) is 9.80 Å². The van der Waals surface area contributed by atoms with Crippen LogP contribution in [-0.4, -0.2) is 54.3 Å². The second-order valence-corrected chi connectivity index (χ2v) is 7.53. The molecule has 0 spiro atoms. The van der Waals surface area contributed by atoms with Crippen LogP contribution in [0.15, 0.2) is 24.3 Å². The van der Waals surface area contributed by atoms with E-state index in [1.165, 1.54) is 0 Å². The Kier molecular flexibility index (Phi) is 6.63. The molecule has 1 heterocycles. The van der Waals surface area contributed by atoms with Crippen molar-refractivity contribution in [2.45, 2.75) is 39.7 Å². The Morgan fingerprint density at radius 2 is 1.61 bits per heavy atom. The summed E-state index contributed by atoms with van der Waals surface area (Å²) in [4.78, 5) is 17.6. The number of carbonyl (C=O) groups is 1. The highest BCUT2D eigenvalue weighted by Gasteiger charge is 2.27. The van der Waals surface area contributed by atoms with Crippen LogP contribution in [0.2, 0.25) is 5.02 Å². The number of carbonyl (C=O) groups excluding carboxylic acids is 1. The zero-order valence-electron chi connectivity index (χ0n) is 14.8. The van der Waals surface area contributed by atoms with Gasteiger partial charge in [0.1, 0.15) is 5.78 Å². The van der Waals surface area contributed by atoms with Crippen LogP contribution in [0.4, 0.5) is 0 Å². The van der Waals surface area contributed by atoms with E-state index < -0.39 is 0 Å². The van der Waals surface area contributed by atoms with Gasteiger partial charge in [0.25, 0.3) is 0 Å². The fourth-order valence-electron chi connectivity index (χ4n) is 3.18. The molecule has 0 radical (unpaired) electrons.